The molecular weight excluding hydrogens is 399 g/mol. The lowest BCUT2D eigenvalue weighted by Gasteiger charge is -2.27. The van der Waals surface area contributed by atoms with Crippen LogP contribution in [0, 0.1) is 5.82 Å². The van der Waals surface area contributed by atoms with Gasteiger partial charge in [0.15, 0.2) is 23.5 Å². The normalized spacial score (nSPS) is 14.7. The molecule has 1 atom stereocenters. The third-order valence-electron chi connectivity index (χ3n) is 4.94. The standard InChI is InChI=1S/C23H23FN4O3/c1-16(31-21-5-3-2-4-19(21)24)23(29)25-18-8-6-17(7-9-18)20-10-11-22(27-26-20)28-12-14-30-15-13-28/h2-11,16H,12-15H2,1H3,(H,25,29). The highest BCUT2D eigenvalue weighted by atomic mass is 19.1. The fourth-order valence-corrected chi connectivity index (χ4v) is 3.19. The second-order valence-electron chi connectivity index (χ2n) is 7.13. The second kappa shape index (κ2) is 9.53. The molecule has 31 heavy (non-hydrogen) atoms. The van der Waals surface area contributed by atoms with E-state index in [1.165, 1.54) is 12.1 Å². The van der Waals surface area contributed by atoms with Crippen LogP contribution in [0.5, 0.6) is 5.75 Å². The van der Waals surface area contributed by atoms with E-state index in [9.17, 15) is 9.18 Å². The van der Waals surface area contributed by atoms with Crippen LogP contribution in [-0.2, 0) is 9.53 Å². The SMILES string of the molecule is CC(Oc1ccccc1F)C(=O)Nc1ccc(-c2ccc(N3CCOCC3)nn2)cc1. The van der Waals surface area contributed by atoms with Crippen LogP contribution in [0.2, 0.25) is 0 Å². The first kappa shape index (κ1) is 20.7. The molecule has 2 heterocycles. The predicted molar refractivity (Wildman–Crippen MR) is 116 cm³/mol. The fourth-order valence-electron chi connectivity index (χ4n) is 3.19. The zero-order chi connectivity index (χ0) is 21.6. The quantitative estimate of drug-likeness (QED) is 0.655. The highest BCUT2D eigenvalue weighted by molar-refractivity contribution is 5.94. The molecule has 0 spiro atoms. The number of halogens is 1. The summed E-state index contributed by atoms with van der Waals surface area (Å²) in [6.07, 6.45) is -0.852. The van der Waals surface area contributed by atoms with Gasteiger partial charge in [0.1, 0.15) is 0 Å². The van der Waals surface area contributed by atoms with Gasteiger partial charge in [-0.1, -0.05) is 24.3 Å². The van der Waals surface area contributed by atoms with Gasteiger partial charge in [0.2, 0.25) is 0 Å². The summed E-state index contributed by atoms with van der Waals surface area (Å²) in [5, 5.41) is 11.4. The van der Waals surface area contributed by atoms with Gasteiger partial charge in [0.05, 0.1) is 18.9 Å². The number of morpholine rings is 1. The Bertz CT molecular complexity index is 1020. The van der Waals surface area contributed by atoms with Gasteiger partial charge in [0.25, 0.3) is 5.91 Å². The number of anilines is 2. The van der Waals surface area contributed by atoms with Gasteiger partial charge in [-0.15, -0.1) is 10.2 Å². The third-order valence-corrected chi connectivity index (χ3v) is 4.94. The lowest BCUT2D eigenvalue weighted by molar-refractivity contribution is -0.122. The maximum Gasteiger partial charge on any atom is 0.265 e. The van der Waals surface area contributed by atoms with Crippen molar-refractivity contribution in [1.29, 1.82) is 0 Å². The Labute approximate surface area is 179 Å². The number of benzene rings is 2. The van der Waals surface area contributed by atoms with Crippen LogP contribution in [0.3, 0.4) is 0 Å². The minimum atomic E-state index is -0.852. The second-order valence-corrected chi connectivity index (χ2v) is 7.13. The van der Waals surface area contributed by atoms with E-state index >= 15 is 0 Å². The zero-order valence-corrected chi connectivity index (χ0v) is 17.1. The predicted octanol–water partition coefficient (Wildman–Crippen LogP) is 3.53. The Kier molecular flexibility index (Phi) is 6.37. The van der Waals surface area contributed by atoms with Gasteiger partial charge < -0.3 is 19.7 Å². The van der Waals surface area contributed by atoms with Gasteiger partial charge in [-0.05, 0) is 43.3 Å². The van der Waals surface area contributed by atoms with Crippen molar-refractivity contribution in [2.24, 2.45) is 0 Å². The van der Waals surface area contributed by atoms with Crippen molar-refractivity contribution in [3.05, 3.63) is 66.5 Å². The van der Waals surface area contributed by atoms with Crippen molar-refractivity contribution >= 4 is 17.4 Å². The highest BCUT2D eigenvalue weighted by Gasteiger charge is 2.17. The van der Waals surface area contributed by atoms with Crippen LogP contribution in [0.15, 0.2) is 60.7 Å². The van der Waals surface area contributed by atoms with Crippen LogP contribution in [0.4, 0.5) is 15.9 Å². The number of nitrogens with one attached hydrogen (secondary N) is 1. The molecule has 8 heteroatoms. The van der Waals surface area contributed by atoms with Crippen molar-refractivity contribution in [2.75, 3.05) is 36.5 Å². The number of amides is 1. The Morgan fingerprint density at radius 1 is 1.06 bits per heavy atom. The van der Waals surface area contributed by atoms with E-state index in [0.717, 1.165) is 30.2 Å². The molecule has 1 amide bonds. The Balaban J connectivity index is 1.36. The molecule has 0 saturated carbocycles. The number of rotatable bonds is 6. The minimum absolute atomic E-state index is 0.0413. The molecule has 0 bridgehead atoms. The van der Waals surface area contributed by atoms with E-state index in [1.54, 1.807) is 31.2 Å². The van der Waals surface area contributed by atoms with Crippen LogP contribution < -0.4 is 15.0 Å². The number of carbonyl (C=O) groups excluding carboxylic acids is 1. The number of nitrogens with zero attached hydrogens (tertiary/aromatic N) is 3. The molecule has 1 unspecified atom stereocenters. The van der Waals surface area contributed by atoms with E-state index in [-0.39, 0.29) is 11.7 Å². The van der Waals surface area contributed by atoms with E-state index in [2.05, 4.69) is 20.4 Å². The van der Waals surface area contributed by atoms with Crippen molar-refractivity contribution in [2.45, 2.75) is 13.0 Å². The number of aromatic nitrogens is 2. The molecule has 1 aromatic heterocycles. The average Bonchev–Trinajstić information content (AvgIpc) is 2.82. The summed E-state index contributed by atoms with van der Waals surface area (Å²) in [4.78, 5) is 14.5. The fraction of sp³-hybridized carbons (Fsp3) is 0.261. The summed E-state index contributed by atoms with van der Waals surface area (Å²) < 4.78 is 24.5. The topological polar surface area (TPSA) is 76.6 Å². The first-order valence-electron chi connectivity index (χ1n) is 10.1. The summed E-state index contributed by atoms with van der Waals surface area (Å²) in [5.74, 6) is -0.00252. The molecule has 1 aliphatic heterocycles. The van der Waals surface area contributed by atoms with Gasteiger partial charge >= 0.3 is 0 Å². The monoisotopic (exact) mass is 422 g/mol. The van der Waals surface area contributed by atoms with Crippen molar-refractivity contribution in [3.8, 4) is 17.0 Å². The summed E-state index contributed by atoms with van der Waals surface area (Å²) >= 11 is 0. The van der Waals surface area contributed by atoms with Crippen LogP contribution >= 0.6 is 0 Å². The first-order valence-corrected chi connectivity index (χ1v) is 10.1. The van der Waals surface area contributed by atoms with Crippen LogP contribution in [0.25, 0.3) is 11.3 Å². The van der Waals surface area contributed by atoms with Gasteiger partial charge in [-0.2, -0.15) is 0 Å². The molecule has 1 N–H and O–H groups in total. The Morgan fingerprint density at radius 3 is 2.48 bits per heavy atom. The molecule has 4 rings (SSSR count). The number of hydrogen-bond acceptors (Lipinski definition) is 6. The first-order chi connectivity index (χ1) is 15.1. The van der Waals surface area contributed by atoms with E-state index in [0.29, 0.717) is 18.9 Å². The Morgan fingerprint density at radius 2 is 1.81 bits per heavy atom. The average molecular weight is 422 g/mol. The minimum Gasteiger partial charge on any atom is -0.478 e. The molecule has 1 saturated heterocycles. The third kappa shape index (κ3) is 5.16. The molecule has 7 nitrogen and oxygen atoms in total. The van der Waals surface area contributed by atoms with Crippen molar-refractivity contribution < 1.29 is 18.7 Å². The number of ether oxygens (including phenoxy) is 2. The van der Waals surface area contributed by atoms with Crippen molar-refractivity contribution in [1.82, 2.24) is 10.2 Å². The molecule has 2 aromatic carbocycles. The largest absolute Gasteiger partial charge is 0.478 e. The van der Waals surface area contributed by atoms with E-state index in [4.69, 9.17) is 9.47 Å². The smallest absolute Gasteiger partial charge is 0.265 e. The van der Waals surface area contributed by atoms with E-state index in [1.807, 2.05) is 24.3 Å². The van der Waals surface area contributed by atoms with Crippen molar-refractivity contribution in [3.63, 3.8) is 0 Å². The van der Waals surface area contributed by atoms with E-state index < -0.39 is 11.9 Å². The van der Waals surface area contributed by atoms with Crippen LogP contribution in [-0.4, -0.2) is 48.5 Å². The Hall–Kier alpha value is -3.52. The zero-order valence-electron chi connectivity index (χ0n) is 17.1. The van der Waals surface area contributed by atoms with Crippen LogP contribution in [0.1, 0.15) is 6.92 Å². The number of carbonyl (C=O) groups is 1. The van der Waals surface area contributed by atoms with Gasteiger partial charge in [0, 0.05) is 24.3 Å². The molecule has 1 aliphatic rings. The summed E-state index contributed by atoms with van der Waals surface area (Å²) in [6, 6.07) is 17.1. The lowest BCUT2D eigenvalue weighted by atomic mass is 10.1. The van der Waals surface area contributed by atoms with Gasteiger partial charge in [-0.3, -0.25) is 4.79 Å². The summed E-state index contributed by atoms with van der Waals surface area (Å²) in [5.41, 5.74) is 2.23. The molecule has 1 fully saturated rings. The molecule has 160 valence electrons. The summed E-state index contributed by atoms with van der Waals surface area (Å²) in [6.45, 7) is 4.58. The molecule has 0 radical (unpaired) electrons. The lowest BCUT2D eigenvalue weighted by Crippen LogP contribution is -2.36. The highest BCUT2D eigenvalue weighted by Crippen LogP contribution is 2.22. The number of para-hydroxylation sites is 1. The maximum absolute atomic E-state index is 13.7. The molecular formula is C23H23FN4O3. The summed E-state index contributed by atoms with van der Waals surface area (Å²) in [7, 11) is 0. The molecule has 0 aliphatic carbocycles. The number of hydrogen-bond donors (Lipinski definition) is 1. The van der Waals surface area contributed by atoms with Gasteiger partial charge in [-0.25, -0.2) is 4.39 Å². The molecule has 3 aromatic rings. The maximum atomic E-state index is 13.7.